The second-order valence-electron chi connectivity index (χ2n) is 7.85. The summed E-state index contributed by atoms with van der Waals surface area (Å²) >= 11 is 1.49. The molecule has 3 amide bonds. The Hall–Kier alpha value is -2.71. The minimum absolute atomic E-state index is 0.135. The average molecular weight is 428 g/mol. The van der Waals surface area contributed by atoms with Crippen LogP contribution in [0.5, 0.6) is 0 Å². The molecule has 0 saturated carbocycles. The number of β-amino-alcohol motifs (C(OH)–C–C–N with tert-alkyl or cyclic N) is 1. The zero-order valence-electron chi connectivity index (χ0n) is 17.0. The Bertz CT molecular complexity index is 977. The third-order valence-corrected chi connectivity index (χ3v) is 7.18. The molecule has 2 N–H and O–H groups in total. The maximum atomic E-state index is 13.7. The van der Waals surface area contributed by atoms with E-state index in [1.807, 2.05) is 41.8 Å². The third kappa shape index (κ3) is 3.02. The molecule has 2 aromatic rings. The Morgan fingerprint density at radius 2 is 2.03 bits per heavy atom. The predicted octanol–water partition coefficient (Wildman–Crippen LogP) is 1.38. The molecule has 4 rings (SSSR count). The fraction of sp³-hybridized carbons (Fsp3) is 0.409. The van der Waals surface area contributed by atoms with E-state index in [1.165, 1.54) is 11.3 Å². The summed E-state index contributed by atoms with van der Waals surface area (Å²) in [4.78, 5) is 43.9. The highest BCUT2D eigenvalue weighted by molar-refractivity contribution is 7.10. The summed E-state index contributed by atoms with van der Waals surface area (Å²) in [5.41, 5.74) is 0.350. The molecule has 1 fully saturated rings. The normalized spacial score (nSPS) is 25.1. The van der Waals surface area contributed by atoms with Gasteiger partial charge in [-0.1, -0.05) is 24.3 Å². The molecule has 7 nitrogen and oxygen atoms in total. The maximum Gasteiger partial charge on any atom is 0.253 e. The molecule has 0 radical (unpaired) electrons. The van der Waals surface area contributed by atoms with Crippen molar-refractivity contribution >= 4 is 34.7 Å². The van der Waals surface area contributed by atoms with E-state index < -0.39 is 17.4 Å². The smallest absolute Gasteiger partial charge is 0.253 e. The van der Waals surface area contributed by atoms with E-state index in [4.69, 9.17) is 0 Å². The number of thiophene rings is 1. The number of fused-ring (bicyclic) bond motifs is 3. The van der Waals surface area contributed by atoms with Gasteiger partial charge < -0.3 is 20.2 Å². The Labute approximate surface area is 179 Å². The molecule has 8 heteroatoms. The van der Waals surface area contributed by atoms with Crippen LogP contribution in [0.15, 0.2) is 41.8 Å². The van der Waals surface area contributed by atoms with Crippen LogP contribution in [0.1, 0.15) is 23.3 Å². The van der Waals surface area contributed by atoms with Crippen LogP contribution in [-0.4, -0.2) is 60.0 Å². The van der Waals surface area contributed by atoms with E-state index in [-0.39, 0.29) is 43.8 Å². The van der Waals surface area contributed by atoms with Crippen LogP contribution in [-0.2, 0) is 20.8 Å². The highest BCUT2D eigenvalue weighted by Gasteiger charge is 2.63. The minimum Gasteiger partial charge on any atom is -0.395 e. The molecular weight excluding hydrogens is 402 g/mol. The summed E-state index contributed by atoms with van der Waals surface area (Å²) in [5, 5.41) is 14.2. The number of para-hydroxylation sites is 1. The second-order valence-corrected chi connectivity index (χ2v) is 8.88. The van der Waals surface area contributed by atoms with Crippen molar-refractivity contribution < 1.29 is 19.5 Å². The number of anilines is 1. The number of benzene rings is 1. The standard InChI is InChI=1S/C22H25N3O4S/c1-22-19(15-7-3-4-8-17(15)24(9-10-26)21(22)29)16(20(28)23-2)13-25(22)18(27)12-14-6-5-11-30-14/h3-8,11,16,19,26H,9-10,12-13H2,1-2H3,(H,23,28)/t16-,19+,22-/m0/s1. The fourth-order valence-electron chi connectivity index (χ4n) is 4.96. The van der Waals surface area contributed by atoms with Crippen molar-refractivity contribution in [3.05, 3.63) is 52.2 Å². The number of amides is 3. The Morgan fingerprint density at radius 3 is 2.70 bits per heavy atom. The van der Waals surface area contributed by atoms with Gasteiger partial charge in [0, 0.05) is 36.6 Å². The van der Waals surface area contributed by atoms with Gasteiger partial charge in [0.15, 0.2) is 0 Å². The van der Waals surface area contributed by atoms with Gasteiger partial charge in [-0.05, 0) is 30.0 Å². The molecule has 0 unspecified atom stereocenters. The molecule has 1 aromatic heterocycles. The minimum atomic E-state index is -1.20. The zero-order chi connectivity index (χ0) is 21.5. The molecule has 0 bridgehead atoms. The third-order valence-electron chi connectivity index (χ3n) is 6.30. The van der Waals surface area contributed by atoms with Crippen molar-refractivity contribution in [2.75, 3.05) is 31.6 Å². The highest BCUT2D eigenvalue weighted by Crippen LogP contribution is 2.53. The van der Waals surface area contributed by atoms with Crippen LogP contribution in [0.25, 0.3) is 0 Å². The molecule has 30 heavy (non-hydrogen) atoms. The van der Waals surface area contributed by atoms with Crippen molar-refractivity contribution in [1.82, 2.24) is 10.2 Å². The van der Waals surface area contributed by atoms with E-state index >= 15 is 0 Å². The van der Waals surface area contributed by atoms with Gasteiger partial charge in [-0.15, -0.1) is 11.3 Å². The van der Waals surface area contributed by atoms with Gasteiger partial charge in [-0.25, -0.2) is 0 Å². The first-order valence-electron chi connectivity index (χ1n) is 9.99. The van der Waals surface area contributed by atoms with Gasteiger partial charge >= 0.3 is 0 Å². The number of hydrogen-bond donors (Lipinski definition) is 2. The number of rotatable bonds is 5. The van der Waals surface area contributed by atoms with Crippen molar-refractivity contribution in [3.8, 4) is 0 Å². The summed E-state index contributed by atoms with van der Waals surface area (Å²) in [6, 6.07) is 11.2. The van der Waals surface area contributed by atoms with Gasteiger partial charge in [0.2, 0.25) is 11.8 Å². The summed E-state index contributed by atoms with van der Waals surface area (Å²) in [7, 11) is 1.57. The van der Waals surface area contributed by atoms with Crippen LogP contribution in [0.4, 0.5) is 5.69 Å². The van der Waals surface area contributed by atoms with Crippen LogP contribution in [0.2, 0.25) is 0 Å². The zero-order valence-corrected chi connectivity index (χ0v) is 17.8. The van der Waals surface area contributed by atoms with Crippen LogP contribution < -0.4 is 10.2 Å². The molecule has 1 saturated heterocycles. The SMILES string of the molecule is CNC(=O)[C@H]1CN(C(=O)Cc2cccs2)[C@]2(C)C(=O)N(CCO)c3ccccc3[C@H]12. The topological polar surface area (TPSA) is 90.0 Å². The first kappa shape index (κ1) is 20.6. The Morgan fingerprint density at radius 1 is 1.27 bits per heavy atom. The predicted molar refractivity (Wildman–Crippen MR) is 114 cm³/mol. The number of carbonyl (C=O) groups excluding carboxylic acids is 3. The number of carbonyl (C=O) groups is 3. The summed E-state index contributed by atoms with van der Waals surface area (Å²) in [5.74, 6) is -1.60. The first-order valence-corrected chi connectivity index (χ1v) is 10.9. The van der Waals surface area contributed by atoms with Gasteiger partial charge in [0.05, 0.1) is 18.9 Å². The molecule has 0 aliphatic carbocycles. The monoisotopic (exact) mass is 427 g/mol. The van der Waals surface area contributed by atoms with Gasteiger partial charge in [-0.3, -0.25) is 14.4 Å². The van der Waals surface area contributed by atoms with E-state index in [0.717, 1.165) is 10.4 Å². The van der Waals surface area contributed by atoms with Crippen LogP contribution in [0, 0.1) is 5.92 Å². The van der Waals surface area contributed by atoms with Crippen molar-refractivity contribution in [2.24, 2.45) is 5.92 Å². The number of nitrogens with zero attached hydrogens (tertiary/aromatic N) is 2. The first-order chi connectivity index (χ1) is 14.4. The van der Waals surface area contributed by atoms with Crippen molar-refractivity contribution in [1.29, 1.82) is 0 Å². The molecule has 3 atom stereocenters. The molecular formula is C22H25N3O4S. The Kier molecular flexibility index (Phi) is 5.38. The quantitative estimate of drug-likeness (QED) is 0.754. The molecule has 3 heterocycles. The maximum absolute atomic E-state index is 13.7. The van der Waals surface area contributed by atoms with E-state index in [0.29, 0.717) is 5.69 Å². The lowest BCUT2D eigenvalue weighted by atomic mass is 9.71. The lowest BCUT2D eigenvalue weighted by Crippen LogP contribution is -2.62. The molecule has 2 aliphatic heterocycles. The van der Waals surface area contributed by atoms with Gasteiger partial charge in [0.1, 0.15) is 5.54 Å². The van der Waals surface area contributed by atoms with Crippen molar-refractivity contribution in [3.63, 3.8) is 0 Å². The van der Waals surface area contributed by atoms with Crippen LogP contribution >= 0.6 is 11.3 Å². The number of nitrogens with one attached hydrogen (secondary N) is 1. The molecule has 158 valence electrons. The molecule has 0 spiro atoms. The number of aliphatic hydroxyl groups excluding tert-OH is 1. The summed E-state index contributed by atoms with van der Waals surface area (Å²) in [6.45, 7) is 1.88. The molecule has 1 aromatic carbocycles. The Balaban J connectivity index is 1.83. The van der Waals surface area contributed by atoms with E-state index in [2.05, 4.69) is 5.32 Å². The van der Waals surface area contributed by atoms with Crippen molar-refractivity contribution in [2.45, 2.75) is 24.8 Å². The fourth-order valence-corrected chi connectivity index (χ4v) is 5.65. The second kappa shape index (κ2) is 7.85. The summed E-state index contributed by atoms with van der Waals surface area (Å²) < 4.78 is 0. The van der Waals surface area contributed by atoms with E-state index in [9.17, 15) is 19.5 Å². The molecule has 2 aliphatic rings. The lowest BCUT2D eigenvalue weighted by Gasteiger charge is -2.46. The number of aliphatic hydroxyl groups is 1. The largest absolute Gasteiger partial charge is 0.395 e. The van der Waals surface area contributed by atoms with Crippen LogP contribution in [0.3, 0.4) is 0 Å². The average Bonchev–Trinajstić information content (AvgIpc) is 3.37. The highest BCUT2D eigenvalue weighted by atomic mass is 32.1. The van der Waals surface area contributed by atoms with Gasteiger partial charge in [-0.2, -0.15) is 0 Å². The number of hydrogen-bond acceptors (Lipinski definition) is 5. The summed E-state index contributed by atoms with van der Waals surface area (Å²) in [6.07, 6.45) is 0.190. The van der Waals surface area contributed by atoms with E-state index in [1.54, 1.807) is 23.8 Å². The number of likely N-dealkylation sites (tertiary alicyclic amines) is 1. The lowest BCUT2D eigenvalue weighted by molar-refractivity contribution is -0.143. The van der Waals surface area contributed by atoms with Gasteiger partial charge in [0.25, 0.3) is 5.91 Å².